The fraction of sp³-hybridized carbons (Fsp3) is 0.267. The van der Waals surface area contributed by atoms with Gasteiger partial charge in [0, 0.05) is 12.5 Å². The molecule has 0 radical (unpaired) electrons. The van der Waals surface area contributed by atoms with Crippen molar-refractivity contribution in [1.29, 1.82) is 0 Å². The first-order chi connectivity index (χ1) is 9.54. The summed E-state index contributed by atoms with van der Waals surface area (Å²) >= 11 is 0. The van der Waals surface area contributed by atoms with Crippen molar-refractivity contribution in [2.45, 2.75) is 20.8 Å². The van der Waals surface area contributed by atoms with Gasteiger partial charge in [0.25, 0.3) is 0 Å². The van der Waals surface area contributed by atoms with Crippen LogP contribution in [0, 0.1) is 6.92 Å². The van der Waals surface area contributed by atoms with E-state index in [-0.39, 0.29) is 23.6 Å². The number of aromatic amines is 1. The molecule has 0 aliphatic rings. The Labute approximate surface area is 117 Å². The Morgan fingerprint density at radius 3 is 2.45 bits per heavy atom. The van der Waals surface area contributed by atoms with E-state index in [9.17, 15) is 9.59 Å². The number of aryl methyl sites for hydroxylation is 1. The highest BCUT2D eigenvalue weighted by Gasteiger charge is 2.24. The molecule has 0 saturated heterocycles. The molecule has 0 bridgehead atoms. The molecule has 0 unspecified atom stereocenters. The zero-order chi connectivity index (χ0) is 14.7. The fourth-order valence-electron chi connectivity index (χ4n) is 1.92. The van der Waals surface area contributed by atoms with Gasteiger partial charge in [-0.1, -0.05) is 29.8 Å². The third-order valence-corrected chi connectivity index (χ3v) is 2.92. The summed E-state index contributed by atoms with van der Waals surface area (Å²) < 4.78 is 5.01. The van der Waals surface area contributed by atoms with Gasteiger partial charge in [0.2, 0.25) is 0 Å². The summed E-state index contributed by atoms with van der Waals surface area (Å²) in [6.07, 6.45) is 0. The lowest BCUT2D eigenvalue weighted by Gasteiger charge is -2.04. The highest BCUT2D eigenvalue weighted by atomic mass is 16.5. The molecule has 2 aromatic rings. The number of benzene rings is 1. The Kier molecular flexibility index (Phi) is 3.98. The number of rotatable bonds is 4. The zero-order valence-corrected chi connectivity index (χ0v) is 11.7. The summed E-state index contributed by atoms with van der Waals surface area (Å²) in [5.41, 5.74) is 2.69. The van der Waals surface area contributed by atoms with E-state index in [1.165, 1.54) is 6.92 Å². The monoisotopic (exact) mass is 272 g/mol. The van der Waals surface area contributed by atoms with E-state index in [1.807, 2.05) is 31.2 Å². The molecule has 1 aromatic heterocycles. The predicted molar refractivity (Wildman–Crippen MR) is 74.7 cm³/mol. The second-order valence-corrected chi connectivity index (χ2v) is 4.46. The lowest BCUT2D eigenvalue weighted by atomic mass is 10.0. The molecule has 1 heterocycles. The number of nitrogens with one attached hydrogen (secondary N) is 1. The Morgan fingerprint density at radius 1 is 1.25 bits per heavy atom. The molecule has 0 atom stereocenters. The van der Waals surface area contributed by atoms with Crippen molar-refractivity contribution < 1.29 is 14.3 Å². The average molecular weight is 272 g/mol. The maximum absolute atomic E-state index is 12.1. The van der Waals surface area contributed by atoms with E-state index in [2.05, 4.69) is 10.2 Å². The van der Waals surface area contributed by atoms with Crippen LogP contribution in [0.5, 0.6) is 0 Å². The van der Waals surface area contributed by atoms with Crippen molar-refractivity contribution in [1.82, 2.24) is 10.2 Å². The van der Waals surface area contributed by atoms with Crippen LogP contribution in [-0.2, 0) is 4.74 Å². The number of hydrogen-bond acceptors (Lipinski definition) is 4. The summed E-state index contributed by atoms with van der Waals surface area (Å²) in [7, 11) is 0. The van der Waals surface area contributed by atoms with Crippen LogP contribution in [0.1, 0.15) is 40.3 Å². The van der Waals surface area contributed by atoms with E-state index >= 15 is 0 Å². The van der Waals surface area contributed by atoms with Gasteiger partial charge in [0.05, 0.1) is 6.61 Å². The van der Waals surface area contributed by atoms with Crippen LogP contribution in [0.3, 0.4) is 0 Å². The SMILES string of the molecule is CCOC(=O)c1c(-c2ccc(C)cc2)n[nH]c1C(C)=O. The topological polar surface area (TPSA) is 72.0 Å². The third kappa shape index (κ3) is 2.61. The number of carbonyl (C=O) groups excluding carboxylic acids is 2. The van der Waals surface area contributed by atoms with Crippen molar-refractivity contribution >= 4 is 11.8 Å². The minimum absolute atomic E-state index is 0.180. The largest absolute Gasteiger partial charge is 0.462 e. The van der Waals surface area contributed by atoms with E-state index in [0.29, 0.717) is 5.69 Å². The van der Waals surface area contributed by atoms with Crippen molar-refractivity contribution in [3.63, 3.8) is 0 Å². The third-order valence-electron chi connectivity index (χ3n) is 2.92. The minimum atomic E-state index is -0.540. The molecule has 104 valence electrons. The molecule has 0 saturated carbocycles. The van der Waals surface area contributed by atoms with Crippen LogP contribution in [0.2, 0.25) is 0 Å². The summed E-state index contributed by atoms with van der Waals surface area (Å²) in [6, 6.07) is 7.56. The molecular formula is C15H16N2O3. The Balaban J connectivity index is 2.55. The lowest BCUT2D eigenvalue weighted by Crippen LogP contribution is -2.10. The van der Waals surface area contributed by atoms with Gasteiger partial charge >= 0.3 is 5.97 Å². The van der Waals surface area contributed by atoms with Crippen LogP contribution in [0.25, 0.3) is 11.3 Å². The van der Waals surface area contributed by atoms with Gasteiger partial charge < -0.3 is 4.74 Å². The van der Waals surface area contributed by atoms with Gasteiger partial charge in [-0.2, -0.15) is 5.10 Å². The number of ketones is 1. The Hall–Kier alpha value is -2.43. The van der Waals surface area contributed by atoms with E-state index < -0.39 is 5.97 Å². The van der Waals surface area contributed by atoms with Crippen LogP contribution in [0.4, 0.5) is 0 Å². The van der Waals surface area contributed by atoms with Gasteiger partial charge in [-0.25, -0.2) is 4.79 Å². The molecule has 0 aliphatic carbocycles. The average Bonchev–Trinajstić information content (AvgIpc) is 2.84. The Morgan fingerprint density at radius 2 is 1.90 bits per heavy atom. The molecular weight excluding hydrogens is 256 g/mol. The first-order valence-electron chi connectivity index (χ1n) is 6.38. The molecule has 0 spiro atoms. The summed E-state index contributed by atoms with van der Waals surface area (Å²) in [4.78, 5) is 23.7. The molecule has 0 amide bonds. The van der Waals surface area contributed by atoms with Gasteiger partial charge in [-0.05, 0) is 13.8 Å². The van der Waals surface area contributed by atoms with E-state index in [4.69, 9.17) is 4.74 Å². The first-order valence-corrected chi connectivity index (χ1v) is 6.38. The number of nitrogens with zero attached hydrogens (tertiary/aromatic N) is 1. The number of hydrogen-bond donors (Lipinski definition) is 1. The number of H-pyrrole nitrogens is 1. The van der Waals surface area contributed by atoms with Crippen LogP contribution >= 0.6 is 0 Å². The number of aromatic nitrogens is 2. The fourth-order valence-corrected chi connectivity index (χ4v) is 1.92. The summed E-state index contributed by atoms with van der Waals surface area (Å²) in [6.45, 7) is 5.32. The minimum Gasteiger partial charge on any atom is -0.462 e. The molecule has 1 N–H and O–H groups in total. The second-order valence-electron chi connectivity index (χ2n) is 4.46. The van der Waals surface area contributed by atoms with Gasteiger partial charge in [0.1, 0.15) is 17.0 Å². The molecule has 5 nitrogen and oxygen atoms in total. The number of carbonyl (C=O) groups is 2. The van der Waals surface area contributed by atoms with Crippen LogP contribution < -0.4 is 0 Å². The molecule has 0 aliphatic heterocycles. The number of Topliss-reactive ketones (excluding diaryl/α,β-unsaturated/α-hetero) is 1. The predicted octanol–water partition coefficient (Wildman–Crippen LogP) is 2.76. The zero-order valence-electron chi connectivity index (χ0n) is 11.7. The maximum Gasteiger partial charge on any atom is 0.342 e. The van der Waals surface area contributed by atoms with Crippen LogP contribution in [-0.4, -0.2) is 28.6 Å². The lowest BCUT2D eigenvalue weighted by molar-refractivity contribution is 0.0524. The molecule has 2 rings (SSSR count). The highest BCUT2D eigenvalue weighted by molar-refractivity contribution is 6.07. The molecule has 5 heteroatoms. The summed E-state index contributed by atoms with van der Waals surface area (Å²) in [5, 5.41) is 6.72. The smallest absolute Gasteiger partial charge is 0.342 e. The van der Waals surface area contributed by atoms with Gasteiger partial charge in [-0.3, -0.25) is 9.89 Å². The van der Waals surface area contributed by atoms with Crippen molar-refractivity contribution in [2.24, 2.45) is 0 Å². The van der Waals surface area contributed by atoms with E-state index in [0.717, 1.165) is 11.1 Å². The molecule has 20 heavy (non-hydrogen) atoms. The van der Waals surface area contributed by atoms with Gasteiger partial charge in [-0.15, -0.1) is 0 Å². The number of ether oxygens (including phenoxy) is 1. The normalized spacial score (nSPS) is 10.3. The van der Waals surface area contributed by atoms with Crippen molar-refractivity contribution in [3.8, 4) is 11.3 Å². The van der Waals surface area contributed by atoms with Crippen molar-refractivity contribution in [3.05, 3.63) is 41.1 Å². The Bertz CT molecular complexity index is 642. The summed E-state index contributed by atoms with van der Waals surface area (Å²) in [5.74, 6) is -0.791. The molecule has 1 aromatic carbocycles. The second kappa shape index (κ2) is 5.69. The quantitative estimate of drug-likeness (QED) is 0.686. The molecule has 0 fully saturated rings. The van der Waals surface area contributed by atoms with E-state index in [1.54, 1.807) is 6.92 Å². The highest BCUT2D eigenvalue weighted by Crippen LogP contribution is 2.25. The first kappa shape index (κ1) is 14.0. The van der Waals surface area contributed by atoms with Crippen LogP contribution in [0.15, 0.2) is 24.3 Å². The number of esters is 1. The van der Waals surface area contributed by atoms with Crippen molar-refractivity contribution in [2.75, 3.05) is 6.61 Å². The standard InChI is InChI=1S/C15H16N2O3/c1-4-20-15(19)12-13(10(3)18)16-17-14(12)11-7-5-9(2)6-8-11/h5-8H,4H2,1-3H3,(H,16,17). The van der Waals surface area contributed by atoms with Gasteiger partial charge in [0.15, 0.2) is 5.78 Å². The maximum atomic E-state index is 12.1.